The molecule has 10 heteroatoms. The van der Waals surface area contributed by atoms with Gasteiger partial charge in [-0.05, 0) is 43.0 Å². The molecular formula is C24H31N3O6S. The normalized spacial score (nSPS) is 16.2. The molecule has 0 spiro atoms. The summed E-state index contributed by atoms with van der Waals surface area (Å²) in [4.78, 5) is 26.7. The highest BCUT2D eigenvalue weighted by Gasteiger charge is 2.32. The molecule has 3 rings (SSSR count). The summed E-state index contributed by atoms with van der Waals surface area (Å²) in [6.45, 7) is 6.92. The molecule has 0 unspecified atom stereocenters. The Balaban J connectivity index is 1.84. The highest BCUT2D eigenvalue weighted by Crippen LogP contribution is 2.34. The molecule has 0 bridgehead atoms. The lowest BCUT2D eigenvalue weighted by Gasteiger charge is -2.22. The van der Waals surface area contributed by atoms with Gasteiger partial charge in [0, 0.05) is 42.5 Å². The van der Waals surface area contributed by atoms with E-state index < -0.39 is 22.0 Å². The number of rotatable bonds is 8. The lowest BCUT2D eigenvalue weighted by Crippen LogP contribution is -2.47. The SMILES string of the molecule is COc1cc(NC(=O)[C@H](NS(=O)(=O)c2ccc3c(c2)C[C@@H](C)N3C(C)=O)C(C)C)cc(OC)c1. The number of nitrogens with zero attached hydrogens (tertiary/aromatic N) is 1. The van der Waals surface area contributed by atoms with Crippen molar-refractivity contribution in [3.63, 3.8) is 0 Å². The van der Waals surface area contributed by atoms with E-state index in [-0.39, 0.29) is 22.8 Å². The fourth-order valence-corrected chi connectivity index (χ4v) is 5.48. The number of amides is 2. The van der Waals surface area contributed by atoms with Gasteiger partial charge in [-0.15, -0.1) is 0 Å². The van der Waals surface area contributed by atoms with Crippen molar-refractivity contribution >= 4 is 33.2 Å². The number of ether oxygens (including phenoxy) is 2. The van der Waals surface area contributed by atoms with Gasteiger partial charge >= 0.3 is 0 Å². The summed E-state index contributed by atoms with van der Waals surface area (Å²) in [6.07, 6.45) is 0.560. The number of nitrogens with one attached hydrogen (secondary N) is 2. The van der Waals surface area contributed by atoms with Crippen LogP contribution in [0.5, 0.6) is 11.5 Å². The zero-order chi connectivity index (χ0) is 25.2. The van der Waals surface area contributed by atoms with Crippen LogP contribution in [0.1, 0.15) is 33.3 Å². The summed E-state index contributed by atoms with van der Waals surface area (Å²) >= 11 is 0. The average molecular weight is 490 g/mol. The standard InChI is InChI=1S/C24H31N3O6S/c1-14(2)23(24(29)25-18-11-19(32-5)13-20(12-18)33-6)26-34(30,31)21-7-8-22-17(10-21)9-15(3)27(22)16(4)28/h7-8,10-15,23,26H,9H2,1-6H3,(H,25,29)/t15-,23-/m1/s1. The first-order valence-corrected chi connectivity index (χ1v) is 12.4. The van der Waals surface area contributed by atoms with Crippen molar-refractivity contribution in [3.05, 3.63) is 42.0 Å². The third kappa shape index (κ3) is 5.34. The highest BCUT2D eigenvalue weighted by atomic mass is 32.2. The third-order valence-corrected chi connectivity index (χ3v) is 7.21. The van der Waals surface area contributed by atoms with Gasteiger partial charge < -0.3 is 19.7 Å². The van der Waals surface area contributed by atoms with E-state index in [9.17, 15) is 18.0 Å². The maximum absolute atomic E-state index is 13.2. The van der Waals surface area contributed by atoms with Crippen molar-refractivity contribution in [3.8, 4) is 11.5 Å². The number of carbonyl (C=O) groups excluding carboxylic acids is 2. The zero-order valence-corrected chi connectivity index (χ0v) is 21.0. The molecule has 1 heterocycles. The number of anilines is 2. The van der Waals surface area contributed by atoms with Crippen molar-refractivity contribution in [1.29, 1.82) is 0 Å². The smallest absolute Gasteiger partial charge is 0.242 e. The number of hydrogen-bond acceptors (Lipinski definition) is 6. The van der Waals surface area contributed by atoms with Crippen LogP contribution < -0.4 is 24.4 Å². The Morgan fingerprint density at radius 1 is 1.06 bits per heavy atom. The fraction of sp³-hybridized carbons (Fsp3) is 0.417. The number of benzene rings is 2. The van der Waals surface area contributed by atoms with Crippen LogP contribution in [-0.4, -0.2) is 46.5 Å². The first-order valence-electron chi connectivity index (χ1n) is 11.0. The monoisotopic (exact) mass is 489 g/mol. The molecule has 0 saturated carbocycles. The number of hydrogen-bond donors (Lipinski definition) is 2. The van der Waals surface area contributed by atoms with Gasteiger partial charge in [0.15, 0.2) is 0 Å². The van der Waals surface area contributed by atoms with Crippen LogP contribution in [0.3, 0.4) is 0 Å². The van der Waals surface area contributed by atoms with Gasteiger partial charge in [-0.1, -0.05) is 13.8 Å². The zero-order valence-electron chi connectivity index (χ0n) is 20.2. The quantitative estimate of drug-likeness (QED) is 0.589. The van der Waals surface area contributed by atoms with Crippen molar-refractivity contribution in [2.45, 2.75) is 51.1 Å². The molecule has 34 heavy (non-hydrogen) atoms. The molecule has 0 saturated heterocycles. The Hall–Kier alpha value is -3.11. The van der Waals surface area contributed by atoms with Crippen LogP contribution >= 0.6 is 0 Å². The van der Waals surface area contributed by atoms with Gasteiger partial charge in [-0.3, -0.25) is 9.59 Å². The molecule has 1 aliphatic heterocycles. The van der Waals surface area contributed by atoms with E-state index in [1.165, 1.54) is 27.2 Å². The van der Waals surface area contributed by atoms with E-state index in [0.29, 0.717) is 29.3 Å². The van der Waals surface area contributed by atoms with Gasteiger partial charge in [0.05, 0.1) is 19.1 Å². The van der Waals surface area contributed by atoms with Crippen LogP contribution in [0.4, 0.5) is 11.4 Å². The minimum atomic E-state index is -4.01. The minimum absolute atomic E-state index is 0.0466. The Kier molecular flexibility index (Phi) is 7.52. The lowest BCUT2D eigenvalue weighted by atomic mass is 10.0. The molecular weight excluding hydrogens is 458 g/mol. The van der Waals surface area contributed by atoms with Crippen LogP contribution in [-0.2, 0) is 26.0 Å². The van der Waals surface area contributed by atoms with Crippen molar-refractivity contribution < 1.29 is 27.5 Å². The second-order valence-corrected chi connectivity index (χ2v) is 10.4. The molecule has 2 N–H and O–H groups in total. The molecule has 1 aliphatic rings. The molecule has 0 aromatic heterocycles. The van der Waals surface area contributed by atoms with E-state index in [1.807, 2.05) is 6.92 Å². The number of fused-ring (bicyclic) bond motifs is 1. The summed E-state index contributed by atoms with van der Waals surface area (Å²) in [5.41, 5.74) is 1.91. The Labute approximate surface area is 200 Å². The first-order chi connectivity index (χ1) is 16.0. The number of methoxy groups -OCH3 is 2. The number of sulfonamides is 1. The Morgan fingerprint density at radius 2 is 1.68 bits per heavy atom. The summed E-state index contributed by atoms with van der Waals surface area (Å²) in [6, 6.07) is 8.50. The van der Waals surface area contributed by atoms with Gasteiger partial charge in [-0.25, -0.2) is 8.42 Å². The summed E-state index contributed by atoms with van der Waals surface area (Å²) in [5.74, 6) is 0.0497. The average Bonchev–Trinajstić information content (AvgIpc) is 3.11. The third-order valence-electron chi connectivity index (χ3n) is 5.77. The van der Waals surface area contributed by atoms with Crippen molar-refractivity contribution in [2.24, 2.45) is 5.92 Å². The fourth-order valence-electron chi connectivity index (χ4n) is 4.08. The molecule has 0 aliphatic carbocycles. The maximum Gasteiger partial charge on any atom is 0.242 e. The van der Waals surface area contributed by atoms with Crippen LogP contribution in [0.2, 0.25) is 0 Å². The second-order valence-electron chi connectivity index (χ2n) is 8.67. The van der Waals surface area contributed by atoms with E-state index in [0.717, 1.165) is 5.56 Å². The van der Waals surface area contributed by atoms with E-state index >= 15 is 0 Å². The molecule has 2 aromatic rings. The van der Waals surface area contributed by atoms with E-state index in [4.69, 9.17) is 9.47 Å². The molecule has 184 valence electrons. The van der Waals surface area contributed by atoms with Gasteiger partial charge in [0.1, 0.15) is 17.5 Å². The largest absolute Gasteiger partial charge is 0.497 e. The van der Waals surface area contributed by atoms with Gasteiger partial charge in [-0.2, -0.15) is 4.72 Å². The Bertz CT molecular complexity index is 1170. The molecule has 2 amide bonds. The van der Waals surface area contributed by atoms with Crippen LogP contribution in [0.25, 0.3) is 0 Å². The lowest BCUT2D eigenvalue weighted by molar-refractivity contribution is -0.118. The topological polar surface area (TPSA) is 114 Å². The van der Waals surface area contributed by atoms with Crippen LogP contribution in [0.15, 0.2) is 41.3 Å². The van der Waals surface area contributed by atoms with Gasteiger partial charge in [0.2, 0.25) is 21.8 Å². The van der Waals surface area contributed by atoms with E-state index in [2.05, 4.69) is 10.0 Å². The predicted octanol–water partition coefficient (Wildman–Crippen LogP) is 2.94. The van der Waals surface area contributed by atoms with Gasteiger partial charge in [0.25, 0.3) is 0 Å². The minimum Gasteiger partial charge on any atom is -0.497 e. The molecule has 2 aromatic carbocycles. The summed E-state index contributed by atoms with van der Waals surface area (Å²) < 4.78 is 39.4. The Morgan fingerprint density at radius 3 is 2.21 bits per heavy atom. The molecule has 0 fully saturated rings. The highest BCUT2D eigenvalue weighted by molar-refractivity contribution is 7.89. The summed E-state index contributed by atoms with van der Waals surface area (Å²) in [5, 5.41) is 2.74. The molecule has 0 radical (unpaired) electrons. The first kappa shape index (κ1) is 25.5. The second kappa shape index (κ2) is 10.0. The van der Waals surface area contributed by atoms with Crippen LogP contribution in [0, 0.1) is 5.92 Å². The summed E-state index contributed by atoms with van der Waals surface area (Å²) in [7, 11) is -1.01. The van der Waals surface area contributed by atoms with Crippen molar-refractivity contribution in [1.82, 2.24) is 4.72 Å². The number of carbonyl (C=O) groups is 2. The molecule has 9 nitrogen and oxygen atoms in total. The molecule has 2 atom stereocenters. The maximum atomic E-state index is 13.2. The predicted molar refractivity (Wildman–Crippen MR) is 130 cm³/mol. The van der Waals surface area contributed by atoms with E-state index in [1.54, 1.807) is 49.1 Å². The van der Waals surface area contributed by atoms with Crippen molar-refractivity contribution in [2.75, 3.05) is 24.4 Å².